The highest BCUT2D eigenvalue weighted by Gasteiger charge is 2.15. The van der Waals surface area contributed by atoms with Gasteiger partial charge in [0.2, 0.25) is 0 Å². The Balaban J connectivity index is 1.83. The molecule has 3 aromatic rings. The molecule has 2 aromatic heterocycles. The molecule has 124 valence electrons. The molecule has 0 spiro atoms. The summed E-state index contributed by atoms with van der Waals surface area (Å²) in [4.78, 5) is 3.85. The highest BCUT2D eigenvalue weighted by Crippen LogP contribution is 2.36. The molecule has 0 saturated carbocycles. The van der Waals surface area contributed by atoms with Crippen molar-refractivity contribution in [3.8, 4) is 6.07 Å². The van der Waals surface area contributed by atoms with Crippen LogP contribution in [0.15, 0.2) is 29.4 Å². The molecule has 3 rings (SSSR count). The lowest BCUT2D eigenvalue weighted by Crippen LogP contribution is -2.10. The molecule has 0 atom stereocenters. The van der Waals surface area contributed by atoms with E-state index in [1.54, 1.807) is 12.3 Å². The molecule has 0 aliphatic heterocycles. The highest BCUT2D eigenvalue weighted by molar-refractivity contribution is 8.00. The van der Waals surface area contributed by atoms with Crippen LogP contribution in [0.5, 0.6) is 0 Å². The van der Waals surface area contributed by atoms with Gasteiger partial charge in [-0.25, -0.2) is 13.5 Å². The second-order valence-electron chi connectivity index (χ2n) is 4.73. The molecule has 0 bridgehead atoms. The molecular weight excluding hydrogens is 379 g/mol. The average molecular weight is 388 g/mol. The zero-order valence-electron chi connectivity index (χ0n) is 11.9. The van der Waals surface area contributed by atoms with Crippen molar-refractivity contribution in [1.29, 1.82) is 5.26 Å². The number of hydrogen-bond donors (Lipinski definition) is 2. The van der Waals surface area contributed by atoms with E-state index in [1.165, 1.54) is 18.1 Å². The van der Waals surface area contributed by atoms with Crippen LogP contribution in [0, 0.1) is 11.3 Å². The van der Waals surface area contributed by atoms with Crippen LogP contribution in [0.2, 0.25) is 10.0 Å². The average Bonchev–Trinajstić information content (AvgIpc) is 3.12. The number of nitrogens with one attached hydrogen (secondary N) is 2. The third-order valence-corrected chi connectivity index (χ3v) is 4.92. The van der Waals surface area contributed by atoms with E-state index < -0.39 is 13.0 Å². The van der Waals surface area contributed by atoms with E-state index in [-0.39, 0.29) is 5.69 Å². The van der Waals surface area contributed by atoms with Gasteiger partial charge in [-0.15, -0.1) is 0 Å². The van der Waals surface area contributed by atoms with Gasteiger partial charge in [-0.3, -0.25) is 0 Å². The second kappa shape index (κ2) is 6.89. The topological polar surface area (TPSA) is 69.4 Å². The maximum atomic E-state index is 12.5. The smallest absolute Gasteiger partial charge is 0.257 e. The van der Waals surface area contributed by atoms with E-state index in [0.29, 0.717) is 21.2 Å². The van der Waals surface area contributed by atoms with Crippen LogP contribution in [0.4, 0.5) is 14.5 Å². The lowest BCUT2D eigenvalue weighted by Gasteiger charge is -2.04. The Bertz CT molecular complexity index is 931. The van der Waals surface area contributed by atoms with Gasteiger partial charge in [-0.1, -0.05) is 29.3 Å². The fraction of sp³-hybridized carbons (Fsp3) is 0.143. The van der Waals surface area contributed by atoms with Crippen molar-refractivity contribution in [3.63, 3.8) is 0 Å². The summed E-state index contributed by atoms with van der Waals surface area (Å²) in [5.41, 5.74) is 1.10. The van der Waals surface area contributed by atoms with Crippen molar-refractivity contribution in [2.24, 2.45) is 0 Å². The van der Waals surface area contributed by atoms with Gasteiger partial charge in [0.1, 0.15) is 18.3 Å². The first-order valence-corrected chi connectivity index (χ1v) is 8.20. The molecule has 0 unspecified atom stereocenters. The summed E-state index contributed by atoms with van der Waals surface area (Å²) < 4.78 is 28.9. The van der Waals surface area contributed by atoms with Crippen molar-refractivity contribution < 1.29 is 8.78 Å². The van der Waals surface area contributed by atoms with Crippen LogP contribution in [0.1, 0.15) is 5.69 Å². The van der Waals surface area contributed by atoms with Gasteiger partial charge >= 0.3 is 0 Å². The molecule has 5 nitrogen and oxygen atoms in total. The number of hydrogen-bond acceptors (Lipinski definition) is 4. The summed E-state index contributed by atoms with van der Waals surface area (Å²) in [5, 5.41) is 14.7. The monoisotopic (exact) mass is 387 g/mol. The van der Waals surface area contributed by atoms with Crippen LogP contribution in [0.25, 0.3) is 10.9 Å². The van der Waals surface area contributed by atoms with E-state index in [1.807, 2.05) is 12.1 Å². The highest BCUT2D eigenvalue weighted by atomic mass is 35.5. The van der Waals surface area contributed by atoms with E-state index in [2.05, 4.69) is 14.8 Å². The van der Waals surface area contributed by atoms with Crippen LogP contribution in [0.3, 0.4) is 0 Å². The Hall–Kier alpha value is -1.95. The van der Waals surface area contributed by atoms with Crippen molar-refractivity contribution >= 4 is 51.7 Å². The Morgan fingerprint density at radius 1 is 1.42 bits per heavy atom. The number of anilines is 1. The lowest BCUT2D eigenvalue weighted by atomic mass is 10.2. The standard InChI is InChI=1S/C14H9Cl2F2N5S/c15-8-2-1-7-11(5-20-14(7)13(8)16)24-22-9-4-21-23(6-12(17)18)10(9)3-19/h1-2,4-5,12,20,22H,6H2. The fourth-order valence-corrected chi connectivity index (χ4v) is 3.30. The van der Waals surface area contributed by atoms with Crippen LogP contribution in [-0.2, 0) is 6.54 Å². The van der Waals surface area contributed by atoms with Crippen molar-refractivity contribution in [2.75, 3.05) is 4.72 Å². The summed E-state index contributed by atoms with van der Waals surface area (Å²) in [6.07, 6.45) is 0.491. The number of aromatic nitrogens is 3. The van der Waals surface area contributed by atoms with Crippen molar-refractivity contribution in [3.05, 3.63) is 40.3 Å². The molecule has 2 N–H and O–H groups in total. The SMILES string of the molecule is N#Cc1c(NSc2c[nH]c3c(Cl)c(Cl)ccc23)cnn1CC(F)F. The lowest BCUT2D eigenvalue weighted by molar-refractivity contribution is 0.121. The predicted octanol–water partition coefficient (Wildman–Crippen LogP) is 4.93. The molecule has 0 amide bonds. The molecular formula is C14H9Cl2F2N5S. The minimum absolute atomic E-state index is 0.0451. The number of fused-ring (bicyclic) bond motifs is 1. The first-order chi connectivity index (χ1) is 11.5. The molecule has 0 saturated heterocycles. The number of alkyl halides is 2. The first kappa shape index (κ1) is 16.9. The number of nitriles is 1. The third-order valence-electron chi connectivity index (χ3n) is 3.24. The largest absolute Gasteiger partial charge is 0.359 e. The Morgan fingerprint density at radius 2 is 2.21 bits per heavy atom. The number of benzene rings is 1. The Kier molecular flexibility index (Phi) is 4.85. The number of H-pyrrole nitrogens is 1. The number of rotatable bonds is 5. The van der Waals surface area contributed by atoms with Gasteiger partial charge in [0, 0.05) is 11.6 Å². The molecule has 0 radical (unpaired) electrons. The van der Waals surface area contributed by atoms with Gasteiger partial charge in [-0.05, 0) is 18.0 Å². The molecule has 0 aliphatic carbocycles. The number of aromatic amines is 1. The predicted molar refractivity (Wildman–Crippen MR) is 90.7 cm³/mol. The van der Waals surface area contributed by atoms with E-state index in [9.17, 15) is 8.78 Å². The van der Waals surface area contributed by atoms with Crippen molar-refractivity contribution in [2.45, 2.75) is 17.9 Å². The van der Waals surface area contributed by atoms with Crippen LogP contribution >= 0.6 is 35.1 Å². The molecule has 24 heavy (non-hydrogen) atoms. The summed E-state index contributed by atoms with van der Waals surface area (Å²) in [6.45, 7) is -0.629. The molecule has 1 aromatic carbocycles. The van der Waals surface area contributed by atoms with Gasteiger partial charge < -0.3 is 9.71 Å². The summed E-state index contributed by atoms with van der Waals surface area (Å²) in [5.74, 6) is 0. The minimum Gasteiger partial charge on any atom is -0.359 e. The third kappa shape index (κ3) is 3.15. The van der Waals surface area contributed by atoms with Crippen LogP contribution in [-0.4, -0.2) is 21.2 Å². The molecule has 10 heteroatoms. The summed E-state index contributed by atoms with van der Waals surface area (Å²) in [6, 6.07) is 5.38. The van der Waals surface area contributed by atoms with Crippen LogP contribution < -0.4 is 4.72 Å². The van der Waals surface area contributed by atoms with Gasteiger partial charge in [0.05, 0.1) is 26.7 Å². The maximum absolute atomic E-state index is 12.5. The minimum atomic E-state index is -2.59. The van der Waals surface area contributed by atoms with Gasteiger partial charge in [-0.2, -0.15) is 10.4 Å². The van der Waals surface area contributed by atoms with Crippen molar-refractivity contribution in [1.82, 2.24) is 14.8 Å². The second-order valence-corrected chi connectivity index (χ2v) is 6.37. The Labute approximate surface area is 149 Å². The maximum Gasteiger partial charge on any atom is 0.257 e. The Morgan fingerprint density at radius 3 is 2.92 bits per heavy atom. The summed E-state index contributed by atoms with van der Waals surface area (Å²) in [7, 11) is 0. The molecule has 0 aliphatic rings. The molecule has 0 fully saturated rings. The number of nitrogens with zero attached hydrogens (tertiary/aromatic N) is 3. The molecule has 2 heterocycles. The first-order valence-electron chi connectivity index (χ1n) is 6.63. The van der Waals surface area contributed by atoms with E-state index >= 15 is 0 Å². The zero-order chi connectivity index (χ0) is 17.3. The van der Waals surface area contributed by atoms with Gasteiger partial charge in [0.25, 0.3) is 6.43 Å². The zero-order valence-corrected chi connectivity index (χ0v) is 14.2. The van der Waals surface area contributed by atoms with E-state index in [0.717, 1.165) is 15.0 Å². The quantitative estimate of drug-likeness (QED) is 0.609. The number of halogens is 4. The normalized spacial score (nSPS) is 11.2. The fourth-order valence-electron chi connectivity index (χ4n) is 2.15. The summed E-state index contributed by atoms with van der Waals surface area (Å²) >= 11 is 13.3. The van der Waals surface area contributed by atoms with Gasteiger partial charge in [0.15, 0.2) is 5.69 Å². The van der Waals surface area contributed by atoms with E-state index in [4.69, 9.17) is 28.5 Å².